The predicted molar refractivity (Wildman–Crippen MR) is 146 cm³/mol. The summed E-state index contributed by atoms with van der Waals surface area (Å²) in [5.41, 5.74) is -0.167. The van der Waals surface area contributed by atoms with E-state index in [2.05, 4.69) is 34.1 Å². The van der Waals surface area contributed by atoms with E-state index < -0.39 is 53.7 Å². The van der Waals surface area contributed by atoms with Crippen LogP contribution < -0.4 is 5.32 Å². The minimum absolute atomic E-state index is 0.0186. The third-order valence-corrected chi connectivity index (χ3v) is 13.2. The van der Waals surface area contributed by atoms with Gasteiger partial charge in [0.15, 0.2) is 28.7 Å². The van der Waals surface area contributed by atoms with Gasteiger partial charge < -0.3 is 25.2 Å². The van der Waals surface area contributed by atoms with E-state index in [9.17, 15) is 28.1 Å². The van der Waals surface area contributed by atoms with Gasteiger partial charge >= 0.3 is 0 Å². The Hall–Kier alpha value is -1.38. The van der Waals surface area contributed by atoms with E-state index >= 15 is 0 Å². The van der Waals surface area contributed by atoms with Crippen LogP contribution in [0.15, 0.2) is 6.33 Å². The number of fused-ring (bicyclic) bond motifs is 1. The van der Waals surface area contributed by atoms with Crippen molar-refractivity contribution >= 4 is 46.1 Å². The topological polar surface area (TPSA) is 197 Å². The lowest BCUT2D eigenvalue weighted by Gasteiger charge is -2.65. The second-order valence-corrected chi connectivity index (χ2v) is 18.0. The molecule has 4 aliphatic carbocycles. The van der Waals surface area contributed by atoms with E-state index in [1.54, 1.807) is 0 Å². The van der Waals surface area contributed by atoms with Crippen molar-refractivity contribution in [2.24, 2.45) is 16.7 Å². The molecule has 9 atom stereocenters. The normalized spacial score (nSPS) is 40.5. The average molecular weight is 620 g/mol. The predicted octanol–water partition coefficient (Wildman–Crippen LogP) is 2.77. The van der Waals surface area contributed by atoms with Crippen molar-refractivity contribution in [3.8, 4) is 0 Å². The Labute approximate surface area is 236 Å². The van der Waals surface area contributed by atoms with Gasteiger partial charge in [0.1, 0.15) is 12.2 Å². The minimum Gasteiger partial charge on any atom is -0.388 e. The first-order chi connectivity index (χ1) is 18.5. The fourth-order valence-electron chi connectivity index (χ4n) is 8.85. The van der Waals surface area contributed by atoms with Gasteiger partial charge in [-0.05, 0) is 73.3 Å². The summed E-state index contributed by atoms with van der Waals surface area (Å²) in [5, 5.41) is 25.1. The van der Waals surface area contributed by atoms with Crippen LogP contribution in [-0.4, -0.2) is 83.1 Å². The zero-order chi connectivity index (χ0) is 28.9. The molecule has 222 valence electrons. The van der Waals surface area contributed by atoms with Crippen molar-refractivity contribution in [3.05, 3.63) is 11.6 Å². The van der Waals surface area contributed by atoms with Crippen molar-refractivity contribution < 1.29 is 37.4 Å². The number of nitrogens with zero attached hydrogens (tertiary/aromatic N) is 4. The SMILES string of the molecule is C[C@]12CC3CC(Nc4nc(Cl)nc5c4ncn5[C@@H]4O[C@H](CCP(=O)(O)CS(=O)(=O)O)C(O)C4O)(C1)C[C@@](C)(C3)C2. The average Bonchev–Trinajstić information content (AvgIpc) is 3.29. The molecule has 0 spiro atoms. The molecule has 1 saturated heterocycles. The molecular formula is C24H35ClN5O8PS. The minimum atomic E-state index is -4.67. The highest BCUT2D eigenvalue weighted by Crippen LogP contribution is 2.67. The van der Waals surface area contributed by atoms with E-state index in [1.807, 2.05) is 0 Å². The number of imidazole rings is 1. The van der Waals surface area contributed by atoms with Crippen LogP contribution in [0.1, 0.15) is 65.0 Å². The van der Waals surface area contributed by atoms with Gasteiger partial charge in [-0.15, -0.1) is 0 Å². The molecular weight excluding hydrogens is 585 g/mol. The van der Waals surface area contributed by atoms with E-state index in [0.29, 0.717) is 22.9 Å². The number of hydrogen-bond donors (Lipinski definition) is 5. The Morgan fingerprint density at radius 1 is 1.15 bits per heavy atom. The maximum absolute atomic E-state index is 12.2. The summed E-state index contributed by atoms with van der Waals surface area (Å²) in [5.74, 6) is 1.15. The van der Waals surface area contributed by atoms with Gasteiger partial charge in [-0.25, -0.2) is 4.98 Å². The van der Waals surface area contributed by atoms with Crippen molar-refractivity contribution in [1.82, 2.24) is 19.5 Å². The molecule has 4 bridgehead atoms. The lowest BCUT2D eigenvalue weighted by atomic mass is 9.43. The molecule has 13 nitrogen and oxygen atoms in total. The fraction of sp³-hybridized carbons (Fsp3) is 0.792. The van der Waals surface area contributed by atoms with Gasteiger partial charge in [-0.1, -0.05) is 13.8 Å². The first-order valence-corrected chi connectivity index (χ1v) is 17.4. The van der Waals surface area contributed by atoms with Crippen molar-refractivity contribution in [2.75, 3.05) is 17.0 Å². The molecule has 40 heavy (non-hydrogen) atoms. The zero-order valence-corrected chi connectivity index (χ0v) is 24.7. The maximum Gasteiger partial charge on any atom is 0.274 e. The number of nitrogens with one attached hydrogen (secondary N) is 1. The summed E-state index contributed by atoms with van der Waals surface area (Å²) >= 11 is 6.36. The van der Waals surface area contributed by atoms with Gasteiger partial charge in [0.2, 0.25) is 12.7 Å². The van der Waals surface area contributed by atoms with Gasteiger partial charge in [0, 0.05) is 11.7 Å². The molecule has 0 radical (unpaired) electrons. The van der Waals surface area contributed by atoms with Crippen LogP contribution >= 0.6 is 19.0 Å². The molecule has 3 heterocycles. The maximum atomic E-state index is 12.2. The molecule has 2 aromatic heterocycles. The van der Waals surface area contributed by atoms with E-state index in [4.69, 9.17) is 20.9 Å². The number of ether oxygens (including phenoxy) is 1. The number of aliphatic hydroxyl groups is 2. The highest BCUT2D eigenvalue weighted by molar-refractivity contribution is 7.93. The molecule has 7 rings (SSSR count). The highest BCUT2D eigenvalue weighted by Gasteiger charge is 2.60. The number of aromatic nitrogens is 4. The molecule has 2 aromatic rings. The summed E-state index contributed by atoms with van der Waals surface area (Å²) in [4.78, 5) is 23.3. The van der Waals surface area contributed by atoms with Crippen LogP contribution in [0, 0.1) is 16.7 Å². The first kappa shape index (κ1) is 28.7. The Kier molecular flexibility index (Phi) is 6.68. The Bertz CT molecular complexity index is 1490. The largest absolute Gasteiger partial charge is 0.388 e. The molecule has 5 N–H and O–H groups in total. The van der Waals surface area contributed by atoms with Gasteiger partial charge in [0.05, 0.1) is 12.4 Å². The van der Waals surface area contributed by atoms with Gasteiger partial charge in [-0.3, -0.25) is 13.7 Å². The molecule has 16 heteroatoms. The van der Waals surface area contributed by atoms with Crippen LogP contribution in [0.2, 0.25) is 5.28 Å². The summed E-state index contributed by atoms with van der Waals surface area (Å²) in [7, 11) is -8.93. The number of hydrogen-bond acceptors (Lipinski definition) is 10. The lowest BCUT2D eigenvalue weighted by Crippen LogP contribution is -2.61. The monoisotopic (exact) mass is 619 g/mol. The number of halogens is 1. The summed E-state index contributed by atoms with van der Waals surface area (Å²) in [6, 6.07) is 0. The fourth-order valence-corrected chi connectivity index (χ4v) is 12.2. The van der Waals surface area contributed by atoms with Gasteiger partial charge in [-0.2, -0.15) is 18.4 Å². The van der Waals surface area contributed by atoms with Crippen LogP contribution in [0.3, 0.4) is 0 Å². The Morgan fingerprint density at radius 2 is 1.82 bits per heavy atom. The van der Waals surface area contributed by atoms with E-state index in [0.717, 1.165) is 19.3 Å². The zero-order valence-electron chi connectivity index (χ0n) is 22.3. The van der Waals surface area contributed by atoms with Gasteiger partial charge in [0.25, 0.3) is 10.1 Å². The van der Waals surface area contributed by atoms with Crippen molar-refractivity contribution in [3.63, 3.8) is 0 Å². The summed E-state index contributed by atoms with van der Waals surface area (Å²) < 4.78 is 50.5. The first-order valence-electron chi connectivity index (χ1n) is 13.4. The van der Waals surface area contributed by atoms with E-state index in [-0.39, 0.29) is 28.1 Å². The number of aliphatic hydroxyl groups excluding tert-OH is 2. The third kappa shape index (κ3) is 5.30. The number of anilines is 1. The highest BCUT2D eigenvalue weighted by atomic mass is 35.5. The lowest BCUT2D eigenvalue weighted by molar-refractivity contribution is -0.0973. The Morgan fingerprint density at radius 3 is 2.45 bits per heavy atom. The smallest absolute Gasteiger partial charge is 0.274 e. The third-order valence-electron chi connectivity index (χ3n) is 9.14. The standard InChI is InChI=1S/C24H35ClN5O8PS/c1-22-5-13-6-23(2,8-22)10-24(7-13,9-22)29-18-15-19(28-21(25)27-18)30(11-26-15)20-17(32)16(31)14(38-20)3-4-39(33,34)12-40(35,36)37/h11,13-14,16-17,20,31-32H,3-10,12H2,1-2H3,(H,33,34)(H,27,28,29)(H,35,36,37)/t13?,14-,16?,17?,20-,22-,23+,24?/m1/s1. The summed E-state index contributed by atoms with van der Waals surface area (Å²) in [6.45, 7) is 4.75. The summed E-state index contributed by atoms with van der Waals surface area (Å²) in [6.07, 6.45) is 2.36. The number of rotatable bonds is 8. The van der Waals surface area contributed by atoms with Crippen molar-refractivity contribution in [1.29, 1.82) is 0 Å². The second kappa shape index (κ2) is 9.31. The van der Waals surface area contributed by atoms with E-state index in [1.165, 1.54) is 30.2 Å². The van der Waals surface area contributed by atoms with Crippen LogP contribution in [-0.2, 0) is 19.4 Å². The van der Waals surface area contributed by atoms with Crippen LogP contribution in [0.4, 0.5) is 5.82 Å². The quantitative estimate of drug-likeness (QED) is 0.165. The molecule has 5 aliphatic rings. The molecule has 5 unspecified atom stereocenters. The molecule has 4 saturated carbocycles. The van der Waals surface area contributed by atoms with Crippen molar-refractivity contribution in [2.45, 2.75) is 88.9 Å². The molecule has 0 amide bonds. The molecule has 5 fully saturated rings. The molecule has 1 aliphatic heterocycles. The second-order valence-electron chi connectivity index (χ2n) is 13.3. The molecule has 0 aromatic carbocycles. The van der Waals surface area contributed by atoms with Crippen LogP contribution in [0.25, 0.3) is 11.2 Å². The Balaban J connectivity index is 1.25. The van der Waals surface area contributed by atoms with Crippen LogP contribution in [0.5, 0.6) is 0 Å².